The molecule has 0 atom stereocenters. The average molecular weight is 376 g/mol. The number of rotatable bonds is 0. The van der Waals surface area contributed by atoms with E-state index in [2.05, 4.69) is 62.3 Å². The van der Waals surface area contributed by atoms with Gasteiger partial charge in [-0.2, -0.15) is 0 Å². The molecule has 0 spiro atoms. The molecule has 0 bridgehead atoms. The van der Waals surface area contributed by atoms with Gasteiger partial charge in [0.2, 0.25) is 0 Å². The molecule has 117 valence electrons. The van der Waals surface area contributed by atoms with Gasteiger partial charge in [0.25, 0.3) is 0 Å². The Balaban J connectivity index is 0. The van der Waals surface area contributed by atoms with Crippen molar-refractivity contribution in [2.75, 3.05) is 0 Å². The fourth-order valence-electron chi connectivity index (χ4n) is 2.13. The van der Waals surface area contributed by atoms with Crippen molar-refractivity contribution >= 4 is 7.82 Å². The van der Waals surface area contributed by atoms with E-state index in [0.29, 0.717) is 11.7 Å². The van der Waals surface area contributed by atoms with Gasteiger partial charge in [-0.05, 0) is 0 Å². The van der Waals surface area contributed by atoms with E-state index in [9.17, 15) is 0 Å². The Morgan fingerprint density at radius 1 is 0.667 bits per heavy atom. The van der Waals surface area contributed by atoms with Crippen LogP contribution in [-0.2, 0) is 21.3 Å². The topological polar surface area (TPSA) is 77.8 Å². The molecule has 0 heterocycles. The summed E-state index contributed by atoms with van der Waals surface area (Å²) < 4.78 is 10.4. The van der Waals surface area contributed by atoms with Crippen molar-refractivity contribution in [1.29, 1.82) is 0 Å². The summed E-state index contributed by atoms with van der Waals surface area (Å²) in [6, 6.07) is 0. The minimum absolute atomic E-state index is 0.502. The summed E-state index contributed by atoms with van der Waals surface area (Å²) in [6.07, 6.45) is 0. The third-order valence-electron chi connectivity index (χ3n) is 1.42. The van der Waals surface area contributed by atoms with Crippen molar-refractivity contribution in [2.45, 2.75) is 74.0 Å². The molecule has 0 saturated heterocycles. The first kappa shape index (κ1) is 21.1. The van der Waals surface area contributed by atoms with Crippen LogP contribution in [0.5, 0.6) is 0 Å². The largest absolute Gasteiger partial charge is 0.466 e. The van der Waals surface area contributed by atoms with E-state index in [0.717, 1.165) is 0 Å². The fraction of sp³-hybridized carbons (Fsp3) is 1.00. The molecule has 0 fully saturated rings. The van der Waals surface area contributed by atoms with Crippen molar-refractivity contribution in [3.63, 3.8) is 0 Å². The van der Waals surface area contributed by atoms with Gasteiger partial charge in [0.15, 0.2) is 0 Å². The minimum Gasteiger partial charge on any atom is -0.303 e. The van der Waals surface area contributed by atoms with Gasteiger partial charge in [0.1, 0.15) is 0 Å². The molecular weight excluding hydrogens is 346 g/mol. The van der Waals surface area contributed by atoms with Gasteiger partial charge in [-0.3, -0.25) is 0 Å². The van der Waals surface area contributed by atoms with Crippen molar-refractivity contribution in [1.82, 2.24) is 0 Å². The molecular formula is C12H30O4PPd. The summed E-state index contributed by atoms with van der Waals surface area (Å²) in [6.45, 7) is 21.7. The SMILES string of the molecule is C[C](C)(C)[Pd]([C](C)(C)C)[C](C)(C)C.O=P(O)(O)O. The normalized spacial score (nSPS) is 14.8. The standard InChI is InChI=1S/3C4H9.H3O4P.Pd/c3*1-4(2)3;1-5(2,3)4;/h3*1-3H3;(H3,1,2,3,4);. The summed E-state index contributed by atoms with van der Waals surface area (Å²) in [5, 5.41) is 0. The molecule has 0 aliphatic rings. The molecule has 0 unspecified atom stereocenters. The van der Waals surface area contributed by atoms with E-state index in [-0.39, 0.29) is 0 Å². The Labute approximate surface area is 118 Å². The van der Waals surface area contributed by atoms with Crippen LogP contribution in [0.1, 0.15) is 62.3 Å². The maximum Gasteiger partial charge on any atom is 0.466 e. The number of phosphoric acid groups is 1. The second-order valence-electron chi connectivity index (χ2n) is 6.67. The molecule has 0 aliphatic carbocycles. The van der Waals surface area contributed by atoms with Gasteiger partial charge >= 0.3 is 98.6 Å². The van der Waals surface area contributed by atoms with Gasteiger partial charge in [0.05, 0.1) is 0 Å². The van der Waals surface area contributed by atoms with E-state index < -0.39 is 24.6 Å². The predicted octanol–water partition coefficient (Wildman–Crippen LogP) is 4.33. The van der Waals surface area contributed by atoms with E-state index in [4.69, 9.17) is 19.2 Å². The van der Waals surface area contributed by atoms with E-state index in [1.54, 1.807) is 0 Å². The maximum atomic E-state index is 8.88. The molecule has 0 aliphatic heterocycles. The number of hydrogen-bond donors (Lipinski definition) is 3. The Morgan fingerprint density at radius 3 is 0.778 bits per heavy atom. The maximum absolute atomic E-state index is 8.88. The van der Waals surface area contributed by atoms with Crippen molar-refractivity contribution in [2.24, 2.45) is 0 Å². The van der Waals surface area contributed by atoms with Gasteiger partial charge in [0, 0.05) is 0 Å². The second-order valence-corrected chi connectivity index (χ2v) is 15.9. The van der Waals surface area contributed by atoms with Gasteiger partial charge in [-0.15, -0.1) is 0 Å². The predicted molar refractivity (Wildman–Crippen MR) is 73.4 cm³/mol. The van der Waals surface area contributed by atoms with Gasteiger partial charge in [-0.25, -0.2) is 4.57 Å². The van der Waals surface area contributed by atoms with Crippen molar-refractivity contribution < 1.29 is 36.0 Å². The first-order valence-corrected chi connectivity index (χ1v) is 9.65. The van der Waals surface area contributed by atoms with Crippen LogP contribution in [0, 0.1) is 0 Å². The Bertz CT molecular complexity index is 249. The minimum atomic E-state index is -4.64. The van der Waals surface area contributed by atoms with Crippen LogP contribution in [0.15, 0.2) is 0 Å². The zero-order valence-corrected chi connectivity index (χ0v) is 15.5. The molecule has 0 amide bonds. The summed E-state index contributed by atoms with van der Waals surface area (Å²) in [5.41, 5.74) is 0. The number of hydrogen-bond acceptors (Lipinski definition) is 1. The average Bonchev–Trinajstić information content (AvgIpc) is 1.65. The zero-order chi connectivity index (χ0) is 15.6. The summed E-state index contributed by atoms with van der Waals surface area (Å²) >= 11 is -0.554. The summed E-state index contributed by atoms with van der Waals surface area (Å²) in [5.74, 6) is 0. The van der Waals surface area contributed by atoms with Crippen molar-refractivity contribution in [3.8, 4) is 0 Å². The smallest absolute Gasteiger partial charge is 0.303 e. The van der Waals surface area contributed by atoms with Crippen LogP contribution in [0.2, 0.25) is 11.7 Å². The Hall–Kier alpha value is 0.772. The van der Waals surface area contributed by atoms with Gasteiger partial charge < -0.3 is 14.7 Å². The quantitative estimate of drug-likeness (QED) is 0.435. The molecule has 4 nitrogen and oxygen atoms in total. The van der Waals surface area contributed by atoms with Gasteiger partial charge in [-0.1, -0.05) is 0 Å². The van der Waals surface area contributed by atoms with Crippen LogP contribution < -0.4 is 0 Å². The molecule has 0 aromatic heterocycles. The van der Waals surface area contributed by atoms with Crippen LogP contribution in [0.4, 0.5) is 0 Å². The zero-order valence-electron chi connectivity index (χ0n) is 13.0. The molecule has 0 aromatic rings. The second kappa shape index (κ2) is 6.48. The van der Waals surface area contributed by atoms with Crippen LogP contribution in [0.25, 0.3) is 0 Å². The molecule has 0 aromatic carbocycles. The molecule has 3 N–H and O–H groups in total. The van der Waals surface area contributed by atoms with E-state index in [1.807, 2.05) is 0 Å². The Morgan fingerprint density at radius 2 is 0.778 bits per heavy atom. The first-order chi connectivity index (χ1) is 7.37. The molecule has 0 rings (SSSR count). The molecule has 0 radical (unpaired) electrons. The summed E-state index contributed by atoms with van der Waals surface area (Å²) in [4.78, 5) is 21.6. The molecule has 0 saturated carbocycles. The molecule has 6 heteroatoms. The monoisotopic (exact) mass is 375 g/mol. The third-order valence-corrected chi connectivity index (χ3v) is 8.42. The van der Waals surface area contributed by atoms with Crippen LogP contribution in [-0.4, -0.2) is 14.7 Å². The first-order valence-electron chi connectivity index (χ1n) is 5.76. The van der Waals surface area contributed by atoms with Crippen LogP contribution in [0.3, 0.4) is 0 Å². The van der Waals surface area contributed by atoms with Crippen molar-refractivity contribution in [3.05, 3.63) is 0 Å². The molecule has 18 heavy (non-hydrogen) atoms. The Kier molecular flexibility index (Phi) is 7.59. The fourth-order valence-corrected chi connectivity index (χ4v) is 12.6. The summed E-state index contributed by atoms with van der Waals surface area (Å²) in [7, 11) is -4.64. The van der Waals surface area contributed by atoms with E-state index >= 15 is 0 Å². The third kappa shape index (κ3) is 11.8. The van der Waals surface area contributed by atoms with E-state index in [1.165, 1.54) is 0 Å². The van der Waals surface area contributed by atoms with Crippen LogP contribution >= 0.6 is 7.82 Å².